The molecule has 8 heteroatoms. The minimum absolute atomic E-state index is 0.134. The van der Waals surface area contributed by atoms with Gasteiger partial charge in [-0.25, -0.2) is 8.42 Å². The molecule has 1 unspecified atom stereocenters. The van der Waals surface area contributed by atoms with Crippen molar-refractivity contribution in [2.45, 2.75) is 43.7 Å². The molecule has 0 saturated heterocycles. The molecule has 1 atom stereocenters. The average Bonchev–Trinajstić information content (AvgIpc) is 2.77. The molecule has 3 aromatic carbocycles. The highest BCUT2D eigenvalue weighted by Crippen LogP contribution is 2.40. The van der Waals surface area contributed by atoms with Gasteiger partial charge in [0.15, 0.2) is 0 Å². The van der Waals surface area contributed by atoms with Crippen LogP contribution in [-0.2, 0) is 14.8 Å². The lowest BCUT2D eigenvalue weighted by Crippen LogP contribution is -2.45. The molecule has 34 heavy (non-hydrogen) atoms. The first-order valence-electron chi connectivity index (χ1n) is 11.0. The highest BCUT2D eigenvalue weighted by atomic mass is 127. The molecule has 0 aliphatic carbocycles. The van der Waals surface area contributed by atoms with Crippen LogP contribution in [0.3, 0.4) is 0 Å². The van der Waals surface area contributed by atoms with Gasteiger partial charge in [0.25, 0.3) is 10.0 Å². The van der Waals surface area contributed by atoms with Crippen LogP contribution >= 0.6 is 22.6 Å². The number of amides is 1. The van der Waals surface area contributed by atoms with Crippen molar-refractivity contribution in [2.75, 3.05) is 10.8 Å². The molecule has 3 aromatic rings. The van der Waals surface area contributed by atoms with Crippen molar-refractivity contribution in [2.24, 2.45) is 0 Å². The van der Waals surface area contributed by atoms with Crippen LogP contribution in [0, 0.1) is 10.5 Å². The lowest BCUT2D eigenvalue weighted by molar-refractivity contribution is -0.120. The third-order valence-electron chi connectivity index (χ3n) is 5.69. The first kappa shape index (κ1) is 24.5. The smallest absolute Gasteiger partial charge is 0.264 e. The Balaban J connectivity index is 1.64. The Bertz CT molecular complexity index is 1290. The second-order valence-corrected chi connectivity index (χ2v) is 12.1. The summed E-state index contributed by atoms with van der Waals surface area (Å²) in [5.41, 5.74) is 1.93. The molecule has 0 aromatic heterocycles. The van der Waals surface area contributed by atoms with Gasteiger partial charge in [0.1, 0.15) is 17.9 Å². The van der Waals surface area contributed by atoms with E-state index in [1.807, 2.05) is 51.1 Å². The number of carbonyl (C=O) groups is 1. The summed E-state index contributed by atoms with van der Waals surface area (Å²) in [7, 11) is -3.95. The van der Waals surface area contributed by atoms with Crippen LogP contribution in [0.1, 0.15) is 37.4 Å². The fourth-order valence-corrected chi connectivity index (χ4v) is 5.90. The molecule has 0 bridgehead atoms. The Morgan fingerprint density at radius 3 is 2.44 bits per heavy atom. The summed E-state index contributed by atoms with van der Waals surface area (Å²) in [5, 5.41) is 3.06. The minimum Gasteiger partial charge on any atom is -0.487 e. The SMILES string of the molecule is Cc1ccc2c(c1)OC(C)(C)CC2NC(=O)CN(c1ccc(I)cc1)S(=O)(=O)c1ccccc1. The summed E-state index contributed by atoms with van der Waals surface area (Å²) in [5.74, 6) is 0.361. The van der Waals surface area contributed by atoms with Crippen molar-refractivity contribution < 1.29 is 17.9 Å². The predicted molar refractivity (Wildman–Crippen MR) is 142 cm³/mol. The van der Waals surface area contributed by atoms with Crippen LogP contribution in [0.25, 0.3) is 0 Å². The number of hydrogen-bond acceptors (Lipinski definition) is 4. The summed E-state index contributed by atoms with van der Waals surface area (Å²) >= 11 is 2.16. The summed E-state index contributed by atoms with van der Waals surface area (Å²) in [4.78, 5) is 13.4. The molecule has 1 amide bonds. The molecule has 0 spiro atoms. The van der Waals surface area contributed by atoms with Gasteiger partial charge in [-0.3, -0.25) is 9.10 Å². The van der Waals surface area contributed by atoms with E-state index in [0.29, 0.717) is 12.1 Å². The summed E-state index contributed by atoms with van der Waals surface area (Å²) < 4.78 is 35.3. The number of sulfonamides is 1. The quantitative estimate of drug-likeness (QED) is 0.400. The number of aryl methyl sites for hydroxylation is 1. The zero-order chi connectivity index (χ0) is 24.5. The van der Waals surface area contributed by atoms with Crippen molar-refractivity contribution >= 4 is 44.2 Å². The van der Waals surface area contributed by atoms with Gasteiger partial charge >= 0.3 is 0 Å². The van der Waals surface area contributed by atoms with Crippen molar-refractivity contribution in [3.63, 3.8) is 0 Å². The molecular weight excluding hydrogens is 563 g/mol. The van der Waals surface area contributed by atoms with Gasteiger partial charge in [0.05, 0.1) is 16.6 Å². The predicted octanol–water partition coefficient (Wildman–Crippen LogP) is 5.21. The largest absolute Gasteiger partial charge is 0.487 e. The number of nitrogens with zero attached hydrogens (tertiary/aromatic N) is 1. The van der Waals surface area contributed by atoms with Crippen LogP contribution in [-0.4, -0.2) is 26.5 Å². The maximum atomic E-state index is 13.5. The maximum absolute atomic E-state index is 13.5. The molecule has 1 heterocycles. The minimum atomic E-state index is -3.95. The normalized spacial score (nSPS) is 16.8. The Morgan fingerprint density at radius 2 is 1.76 bits per heavy atom. The van der Waals surface area contributed by atoms with Crippen LogP contribution in [0.5, 0.6) is 5.75 Å². The number of anilines is 1. The van der Waals surface area contributed by atoms with Crippen molar-refractivity contribution in [3.8, 4) is 5.75 Å². The topological polar surface area (TPSA) is 75.7 Å². The van der Waals surface area contributed by atoms with Gasteiger partial charge in [-0.2, -0.15) is 0 Å². The number of halogens is 1. The first-order chi connectivity index (χ1) is 16.0. The molecule has 4 rings (SSSR count). The molecular formula is C26H27IN2O4S. The van der Waals surface area contributed by atoms with Gasteiger partial charge in [0, 0.05) is 15.6 Å². The third-order valence-corrected chi connectivity index (χ3v) is 8.20. The first-order valence-corrected chi connectivity index (χ1v) is 13.5. The van der Waals surface area contributed by atoms with E-state index in [-0.39, 0.29) is 23.4 Å². The molecule has 1 N–H and O–H groups in total. The van der Waals surface area contributed by atoms with E-state index in [9.17, 15) is 13.2 Å². The van der Waals surface area contributed by atoms with Gasteiger partial charge < -0.3 is 10.1 Å². The van der Waals surface area contributed by atoms with E-state index >= 15 is 0 Å². The number of fused-ring (bicyclic) bond motifs is 1. The average molecular weight is 590 g/mol. The third kappa shape index (κ3) is 5.38. The zero-order valence-corrected chi connectivity index (χ0v) is 22.3. The highest BCUT2D eigenvalue weighted by Gasteiger charge is 2.35. The number of nitrogens with one attached hydrogen (secondary N) is 1. The Kier molecular flexibility index (Phi) is 6.91. The number of rotatable bonds is 6. The van der Waals surface area contributed by atoms with Gasteiger partial charge in [-0.15, -0.1) is 0 Å². The zero-order valence-electron chi connectivity index (χ0n) is 19.3. The monoisotopic (exact) mass is 590 g/mol. The lowest BCUT2D eigenvalue weighted by Gasteiger charge is -2.38. The number of ether oxygens (including phenoxy) is 1. The summed E-state index contributed by atoms with van der Waals surface area (Å²) in [6, 6.07) is 20.9. The fourth-order valence-electron chi connectivity index (χ4n) is 4.10. The maximum Gasteiger partial charge on any atom is 0.264 e. The highest BCUT2D eigenvalue weighted by molar-refractivity contribution is 14.1. The van der Waals surface area contributed by atoms with Crippen molar-refractivity contribution in [1.29, 1.82) is 0 Å². The standard InChI is InChI=1S/C26H27IN2O4S/c1-18-9-14-22-23(16-26(2,3)33-24(22)15-18)28-25(30)17-29(20-12-10-19(27)11-13-20)34(31,32)21-7-5-4-6-8-21/h4-15,23H,16-17H2,1-3H3,(H,28,30). The van der Waals surface area contributed by atoms with Gasteiger partial charge in [0.2, 0.25) is 5.91 Å². The number of benzene rings is 3. The molecule has 6 nitrogen and oxygen atoms in total. The molecule has 178 valence electrons. The second-order valence-electron chi connectivity index (χ2n) is 9.03. The number of carbonyl (C=O) groups excluding carboxylic acids is 1. The van der Waals surface area contributed by atoms with E-state index in [1.165, 1.54) is 12.1 Å². The molecule has 0 fully saturated rings. The van der Waals surface area contributed by atoms with E-state index in [4.69, 9.17) is 4.74 Å². The lowest BCUT2D eigenvalue weighted by atomic mass is 9.89. The molecule has 1 aliphatic rings. The fraction of sp³-hybridized carbons (Fsp3) is 0.269. The summed E-state index contributed by atoms with van der Waals surface area (Å²) in [6.07, 6.45) is 0.573. The van der Waals surface area contributed by atoms with E-state index in [1.54, 1.807) is 30.3 Å². The van der Waals surface area contributed by atoms with Crippen LogP contribution in [0.4, 0.5) is 5.69 Å². The van der Waals surface area contributed by atoms with E-state index in [0.717, 1.165) is 24.8 Å². The number of hydrogen-bond donors (Lipinski definition) is 1. The Labute approximate surface area is 214 Å². The molecule has 0 radical (unpaired) electrons. The Morgan fingerprint density at radius 1 is 1.09 bits per heavy atom. The molecule has 1 aliphatic heterocycles. The van der Waals surface area contributed by atoms with Gasteiger partial charge in [-0.05, 0) is 91.4 Å². The summed E-state index contributed by atoms with van der Waals surface area (Å²) in [6.45, 7) is 5.62. The second kappa shape index (κ2) is 9.58. The van der Waals surface area contributed by atoms with Crippen LogP contribution in [0.2, 0.25) is 0 Å². The van der Waals surface area contributed by atoms with Crippen LogP contribution < -0.4 is 14.4 Å². The van der Waals surface area contributed by atoms with Gasteiger partial charge in [-0.1, -0.05) is 30.3 Å². The van der Waals surface area contributed by atoms with Crippen molar-refractivity contribution in [3.05, 3.63) is 87.5 Å². The van der Waals surface area contributed by atoms with E-state index < -0.39 is 15.6 Å². The molecule has 0 saturated carbocycles. The Hall–Kier alpha value is -2.59. The van der Waals surface area contributed by atoms with E-state index in [2.05, 4.69) is 27.9 Å². The van der Waals surface area contributed by atoms with Crippen molar-refractivity contribution in [1.82, 2.24) is 5.32 Å². The van der Waals surface area contributed by atoms with Crippen LogP contribution in [0.15, 0.2) is 77.7 Å².